The number of Topliss-reactive ketones (excluding diaryl/α,β-unsaturated/α-hetero) is 2. The quantitative estimate of drug-likeness (QED) is 0.532. The van der Waals surface area contributed by atoms with E-state index >= 15 is 0 Å². The monoisotopic (exact) mass is 342 g/mol. The van der Waals surface area contributed by atoms with E-state index < -0.39 is 0 Å². The summed E-state index contributed by atoms with van der Waals surface area (Å²) in [6, 6.07) is 0. The molecule has 0 saturated heterocycles. The van der Waals surface area contributed by atoms with Gasteiger partial charge in [0.2, 0.25) is 5.78 Å². The summed E-state index contributed by atoms with van der Waals surface area (Å²) >= 11 is 0. The lowest BCUT2D eigenvalue weighted by atomic mass is 9.44. The van der Waals surface area contributed by atoms with Crippen LogP contribution < -0.4 is 0 Å². The maximum atomic E-state index is 12.2. The van der Waals surface area contributed by atoms with Crippen LogP contribution in [-0.2, 0) is 9.59 Å². The molecule has 4 heteroatoms. The molecule has 4 aliphatic carbocycles. The molecule has 0 aromatic rings. The summed E-state index contributed by atoms with van der Waals surface area (Å²) in [6.07, 6.45) is 8.04. The SMILES string of the molecule is CC(=O)[C@H]1CC[C@H]2[C@@H]3CC[C@H]4C(=[N+]=[N-])C(=O)CC[C@]4(C)[C@H]3CC[C@]12C. The van der Waals surface area contributed by atoms with Crippen LogP contribution >= 0.6 is 0 Å². The molecular weight excluding hydrogens is 312 g/mol. The maximum absolute atomic E-state index is 12.2. The minimum atomic E-state index is 0.0431. The number of nitrogens with zero attached hydrogens (tertiary/aromatic N) is 2. The number of hydrogen-bond donors (Lipinski definition) is 0. The lowest BCUT2D eigenvalue weighted by molar-refractivity contribution is -0.137. The van der Waals surface area contributed by atoms with Gasteiger partial charge >= 0.3 is 5.71 Å². The van der Waals surface area contributed by atoms with Gasteiger partial charge in [0.05, 0.1) is 5.92 Å². The molecule has 7 atom stereocenters. The average Bonchev–Trinajstić information content (AvgIpc) is 2.93. The molecule has 0 radical (unpaired) electrons. The van der Waals surface area contributed by atoms with E-state index in [0.717, 1.165) is 38.5 Å². The molecule has 0 aromatic heterocycles. The third-order valence-electron chi connectivity index (χ3n) is 8.97. The minimum absolute atomic E-state index is 0.0431. The van der Waals surface area contributed by atoms with Crippen molar-refractivity contribution in [3.63, 3.8) is 0 Å². The van der Waals surface area contributed by atoms with Crippen molar-refractivity contribution in [3.05, 3.63) is 5.53 Å². The van der Waals surface area contributed by atoms with E-state index in [1.54, 1.807) is 6.92 Å². The fourth-order valence-electron chi connectivity index (χ4n) is 7.76. The molecule has 0 aliphatic heterocycles. The molecule has 4 nitrogen and oxygen atoms in total. The summed E-state index contributed by atoms with van der Waals surface area (Å²) in [7, 11) is 0. The van der Waals surface area contributed by atoms with Gasteiger partial charge in [0, 0.05) is 12.3 Å². The molecule has 0 heterocycles. The normalized spacial score (nSPS) is 49.0. The van der Waals surface area contributed by atoms with Crippen LogP contribution in [0, 0.1) is 40.4 Å². The van der Waals surface area contributed by atoms with E-state index in [0.29, 0.717) is 35.7 Å². The fraction of sp³-hybridized carbons (Fsp3) is 0.857. The summed E-state index contributed by atoms with van der Waals surface area (Å²) in [5.74, 6) is 2.69. The Kier molecular flexibility index (Phi) is 3.85. The first-order valence-electron chi connectivity index (χ1n) is 10.1. The number of rotatable bonds is 1. The van der Waals surface area contributed by atoms with Crippen LogP contribution in [0.4, 0.5) is 0 Å². The number of fused-ring (bicyclic) bond motifs is 5. The second-order valence-electron chi connectivity index (χ2n) is 9.71. The number of ketones is 2. The van der Waals surface area contributed by atoms with Crippen molar-refractivity contribution in [1.29, 1.82) is 0 Å². The van der Waals surface area contributed by atoms with Crippen molar-refractivity contribution in [2.75, 3.05) is 0 Å². The summed E-state index contributed by atoms with van der Waals surface area (Å²) in [5.41, 5.74) is 10.1. The molecule has 0 unspecified atom stereocenters. The van der Waals surface area contributed by atoms with E-state index in [4.69, 9.17) is 0 Å². The zero-order valence-electron chi connectivity index (χ0n) is 15.8. The van der Waals surface area contributed by atoms with Crippen LogP contribution in [0.2, 0.25) is 0 Å². The Hall–Kier alpha value is -1.28. The molecule has 0 N–H and O–H groups in total. The fourth-order valence-corrected chi connectivity index (χ4v) is 7.76. The maximum Gasteiger partial charge on any atom is 0.337 e. The Morgan fingerprint density at radius 3 is 2.44 bits per heavy atom. The largest absolute Gasteiger partial charge is 0.361 e. The molecular formula is C21H30N2O2. The molecule has 0 bridgehead atoms. The number of carbonyl (C=O) groups excluding carboxylic acids is 2. The molecule has 25 heavy (non-hydrogen) atoms. The van der Waals surface area contributed by atoms with E-state index in [9.17, 15) is 15.1 Å². The lowest BCUT2D eigenvalue weighted by Crippen LogP contribution is -2.56. The molecule has 0 aromatic carbocycles. The highest BCUT2D eigenvalue weighted by Gasteiger charge is 2.63. The van der Waals surface area contributed by atoms with Crippen LogP contribution in [-0.4, -0.2) is 22.1 Å². The topological polar surface area (TPSA) is 70.5 Å². The van der Waals surface area contributed by atoms with Gasteiger partial charge in [0.15, 0.2) is 0 Å². The Bertz CT molecular complexity index is 679. The van der Waals surface area contributed by atoms with Crippen molar-refractivity contribution in [2.24, 2.45) is 40.4 Å². The van der Waals surface area contributed by atoms with Gasteiger partial charge in [0.1, 0.15) is 5.78 Å². The standard InChI is InChI=1S/C21H30N2O2/c1-12(24)14-6-7-15-13-4-5-17-19(23-22)18(25)9-11-21(17,3)16(13)8-10-20(14,15)2/h13-17H,4-11H2,1-3H3/t13-,14+,15-,16-,17-,20+,21+/m0/s1. The van der Waals surface area contributed by atoms with Crippen molar-refractivity contribution in [2.45, 2.75) is 72.1 Å². The molecule has 0 spiro atoms. The molecule has 4 saturated carbocycles. The molecule has 4 aliphatic rings. The predicted octanol–water partition coefficient (Wildman–Crippen LogP) is 4.08. The molecule has 4 rings (SSSR count). The van der Waals surface area contributed by atoms with Crippen LogP contribution in [0.25, 0.3) is 5.53 Å². The minimum Gasteiger partial charge on any atom is -0.361 e. The first-order valence-corrected chi connectivity index (χ1v) is 10.1. The van der Waals surface area contributed by atoms with Gasteiger partial charge in [-0.1, -0.05) is 13.8 Å². The summed E-state index contributed by atoms with van der Waals surface area (Å²) in [4.78, 5) is 27.8. The first-order chi connectivity index (χ1) is 11.8. The second-order valence-corrected chi connectivity index (χ2v) is 9.71. The Morgan fingerprint density at radius 2 is 1.76 bits per heavy atom. The molecule has 4 fully saturated rings. The Morgan fingerprint density at radius 1 is 1.04 bits per heavy atom. The van der Waals surface area contributed by atoms with Crippen LogP contribution in [0.1, 0.15) is 72.1 Å². The zero-order valence-corrected chi connectivity index (χ0v) is 15.8. The van der Waals surface area contributed by atoms with Gasteiger partial charge in [-0.2, -0.15) is 4.79 Å². The Balaban J connectivity index is 1.67. The van der Waals surface area contributed by atoms with Crippen molar-refractivity contribution < 1.29 is 14.4 Å². The van der Waals surface area contributed by atoms with Crippen LogP contribution in [0.3, 0.4) is 0 Å². The first kappa shape index (κ1) is 17.1. The van der Waals surface area contributed by atoms with Crippen molar-refractivity contribution >= 4 is 17.3 Å². The van der Waals surface area contributed by atoms with E-state index in [-0.39, 0.29) is 28.4 Å². The average molecular weight is 342 g/mol. The van der Waals surface area contributed by atoms with E-state index in [2.05, 4.69) is 18.6 Å². The molecule has 136 valence electrons. The lowest BCUT2D eigenvalue weighted by Gasteiger charge is -2.58. The van der Waals surface area contributed by atoms with Gasteiger partial charge in [-0.3, -0.25) is 9.59 Å². The highest BCUT2D eigenvalue weighted by Crippen LogP contribution is 2.66. The summed E-state index contributed by atoms with van der Waals surface area (Å²) in [5, 5.41) is 0. The van der Waals surface area contributed by atoms with E-state index in [1.165, 1.54) is 6.42 Å². The van der Waals surface area contributed by atoms with Crippen LogP contribution in [0.5, 0.6) is 0 Å². The van der Waals surface area contributed by atoms with Crippen molar-refractivity contribution in [1.82, 2.24) is 0 Å². The predicted molar refractivity (Wildman–Crippen MR) is 94.9 cm³/mol. The van der Waals surface area contributed by atoms with Gasteiger partial charge in [-0.05, 0) is 80.5 Å². The van der Waals surface area contributed by atoms with Crippen molar-refractivity contribution in [3.8, 4) is 0 Å². The van der Waals surface area contributed by atoms with Crippen LogP contribution in [0.15, 0.2) is 0 Å². The molecule has 0 amide bonds. The summed E-state index contributed by atoms with van der Waals surface area (Å²) in [6.45, 7) is 6.48. The Labute approximate surface area is 150 Å². The summed E-state index contributed by atoms with van der Waals surface area (Å²) < 4.78 is 0. The second kappa shape index (κ2) is 5.61. The third kappa shape index (κ3) is 2.19. The zero-order chi connectivity index (χ0) is 18.0. The van der Waals surface area contributed by atoms with Gasteiger partial charge in [-0.25, -0.2) is 0 Å². The van der Waals surface area contributed by atoms with E-state index in [1.807, 2.05) is 0 Å². The third-order valence-corrected chi connectivity index (χ3v) is 8.97. The number of carbonyl (C=O) groups is 2. The number of hydrogen-bond acceptors (Lipinski definition) is 2. The smallest absolute Gasteiger partial charge is 0.337 e. The highest BCUT2D eigenvalue weighted by atomic mass is 16.1. The van der Waals surface area contributed by atoms with Gasteiger partial charge in [-0.15, -0.1) is 0 Å². The van der Waals surface area contributed by atoms with Gasteiger partial charge < -0.3 is 5.53 Å². The highest BCUT2D eigenvalue weighted by molar-refractivity contribution is 6.39. The van der Waals surface area contributed by atoms with Gasteiger partial charge in [0.25, 0.3) is 0 Å².